The molecule has 5 heteroatoms. The fraction of sp³-hybridized carbons (Fsp3) is 0.562. The Labute approximate surface area is 126 Å². The molecule has 4 nitrogen and oxygen atoms in total. The van der Waals surface area contributed by atoms with Crippen molar-refractivity contribution in [3.05, 3.63) is 35.1 Å². The van der Waals surface area contributed by atoms with Crippen LogP contribution in [0, 0.1) is 12.7 Å². The number of aliphatic hydroxyl groups excluding tert-OH is 1. The zero-order valence-electron chi connectivity index (χ0n) is 12.9. The van der Waals surface area contributed by atoms with E-state index in [0.717, 1.165) is 31.4 Å². The number of aliphatic hydroxyl groups is 1. The minimum atomic E-state index is -0.247. The van der Waals surface area contributed by atoms with Gasteiger partial charge in [0.05, 0.1) is 6.54 Å². The van der Waals surface area contributed by atoms with Gasteiger partial charge in [-0.3, -0.25) is 9.69 Å². The maximum absolute atomic E-state index is 13.4. The van der Waals surface area contributed by atoms with Crippen molar-refractivity contribution in [1.82, 2.24) is 10.2 Å². The van der Waals surface area contributed by atoms with Gasteiger partial charge in [-0.1, -0.05) is 12.1 Å². The van der Waals surface area contributed by atoms with Crippen LogP contribution in [0.25, 0.3) is 0 Å². The summed E-state index contributed by atoms with van der Waals surface area (Å²) < 4.78 is 13.4. The first kappa shape index (κ1) is 17.6. The maximum atomic E-state index is 13.4. The molecule has 1 aromatic rings. The normalized spacial score (nSPS) is 10.9. The summed E-state index contributed by atoms with van der Waals surface area (Å²) in [4.78, 5) is 13.7. The van der Waals surface area contributed by atoms with E-state index in [1.807, 2.05) is 18.0 Å². The smallest absolute Gasteiger partial charge is 0.234 e. The molecule has 0 radical (unpaired) electrons. The fourth-order valence-corrected chi connectivity index (χ4v) is 2.00. The van der Waals surface area contributed by atoms with Gasteiger partial charge in [-0.05, 0) is 57.0 Å². The number of rotatable bonds is 9. The third kappa shape index (κ3) is 7.20. The van der Waals surface area contributed by atoms with Gasteiger partial charge in [0.15, 0.2) is 0 Å². The number of carbonyl (C=O) groups excluding carboxylic acids is 1. The highest BCUT2D eigenvalue weighted by Gasteiger charge is 2.06. The number of likely N-dealkylation sites (N-methyl/N-ethyl adjacent to an activating group) is 1. The van der Waals surface area contributed by atoms with Crippen LogP contribution in [0.15, 0.2) is 18.2 Å². The molecule has 0 saturated carbocycles. The molecule has 1 rings (SSSR count). The molecule has 1 amide bonds. The minimum Gasteiger partial charge on any atom is -0.396 e. The first-order chi connectivity index (χ1) is 10.0. The Bertz CT molecular complexity index is 452. The number of nitrogens with one attached hydrogen (secondary N) is 1. The van der Waals surface area contributed by atoms with Crippen LogP contribution < -0.4 is 5.32 Å². The molecular formula is C16H25FN2O2. The summed E-state index contributed by atoms with van der Waals surface area (Å²) in [6, 6.07) is 4.98. The Morgan fingerprint density at radius 1 is 1.33 bits per heavy atom. The molecule has 0 saturated heterocycles. The maximum Gasteiger partial charge on any atom is 0.234 e. The zero-order chi connectivity index (χ0) is 15.7. The number of carbonyl (C=O) groups is 1. The highest BCUT2D eigenvalue weighted by Crippen LogP contribution is 2.08. The highest BCUT2D eigenvalue weighted by atomic mass is 19.1. The minimum absolute atomic E-state index is 0.0689. The number of unbranched alkanes of at least 4 members (excludes halogenated alkanes) is 2. The summed E-state index contributed by atoms with van der Waals surface area (Å²) in [6.45, 7) is 3.43. The van der Waals surface area contributed by atoms with Crippen molar-refractivity contribution in [3.63, 3.8) is 0 Å². The summed E-state index contributed by atoms with van der Waals surface area (Å²) in [5.74, 6) is -0.316. The van der Waals surface area contributed by atoms with Gasteiger partial charge < -0.3 is 10.4 Å². The zero-order valence-corrected chi connectivity index (χ0v) is 12.9. The van der Waals surface area contributed by atoms with Crippen LogP contribution in [0.2, 0.25) is 0 Å². The molecule has 0 aromatic heterocycles. The van der Waals surface area contributed by atoms with Crippen LogP contribution in [0.1, 0.15) is 30.4 Å². The van der Waals surface area contributed by atoms with Crippen molar-refractivity contribution in [3.8, 4) is 0 Å². The van der Waals surface area contributed by atoms with Crippen LogP contribution in [0.4, 0.5) is 4.39 Å². The summed E-state index contributed by atoms with van der Waals surface area (Å²) in [5.41, 5.74) is 1.37. The lowest BCUT2D eigenvalue weighted by molar-refractivity contribution is -0.122. The quantitative estimate of drug-likeness (QED) is 0.684. The second kappa shape index (κ2) is 9.47. The largest absolute Gasteiger partial charge is 0.396 e. The van der Waals surface area contributed by atoms with Gasteiger partial charge in [0, 0.05) is 13.2 Å². The third-order valence-corrected chi connectivity index (χ3v) is 3.34. The Kier molecular flexibility index (Phi) is 7.93. The Hall–Kier alpha value is -1.46. The second-order valence-electron chi connectivity index (χ2n) is 5.38. The van der Waals surface area contributed by atoms with E-state index in [0.29, 0.717) is 18.7 Å². The number of aryl methyl sites for hydroxylation is 1. The summed E-state index contributed by atoms with van der Waals surface area (Å²) in [6.07, 6.45) is 2.73. The highest BCUT2D eigenvalue weighted by molar-refractivity contribution is 5.77. The van der Waals surface area contributed by atoms with Crippen molar-refractivity contribution in [2.75, 3.05) is 26.7 Å². The summed E-state index contributed by atoms with van der Waals surface area (Å²) in [7, 11) is 1.89. The van der Waals surface area contributed by atoms with Crippen molar-refractivity contribution in [2.45, 2.75) is 32.7 Å². The lowest BCUT2D eigenvalue weighted by Gasteiger charge is -2.16. The Morgan fingerprint density at radius 3 is 2.76 bits per heavy atom. The first-order valence-electron chi connectivity index (χ1n) is 7.34. The second-order valence-corrected chi connectivity index (χ2v) is 5.38. The van der Waals surface area contributed by atoms with Crippen LogP contribution >= 0.6 is 0 Å². The van der Waals surface area contributed by atoms with Crippen molar-refractivity contribution >= 4 is 5.91 Å². The molecular weight excluding hydrogens is 271 g/mol. The molecule has 118 valence electrons. The average molecular weight is 296 g/mol. The molecule has 0 fully saturated rings. The van der Waals surface area contributed by atoms with E-state index >= 15 is 0 Å². The first-order valence-corrected chi connectivity index (χ1v) is 7.34. The van der Waals surface area contributed by atoms with E-state index in [1.165, 1.54) is 6.07 Å². The number of benzene rings is 1. The predicted molar refractivity (Wildman–Crippen MR) is 81.4 cm³/mol. The van der Waals surface area contributed by atoms with Crippen molar-refractivity contribution in [2.24, 2.45) is 0 Å². The molecule has 0 aliphatic rings. The van der Waals surface area contributed by atoms with E-state index in [1.54, 1.807) is 13.0 Å². The standard InChI is InChI=1S/C16H25FN2O2/c1-13-6-7-14(10-15(13)17)11-18-16(21)12-19(2)8-4-3-5-9-20/h6-7,10,20H,3-5,8-9,11-12H2,1-2H3,(H,18,21). The topological polar surface area (TPSA) is 52.6 Å². The molecule has 0 aliphatic heterocycles. The van der Waals surface area contributed by atoms with E-state index in [-0.39, 0.29) is 18.3 Å². The number of nitrogens with zero attached hydrogens (tertiary/aromatic N) is 1. The SMILES string of the molecule is Cc1ccc(CNC(=O)CN(C)CCCCCO)cc1F. The number of halogens is 1. The Morgan fingerprint density at radius 2 is 2.10 bits per heavy atom. The number of hydrogen-bond acceptors (Lipinski definition) is 3. The van der Waals surface area contributed by atoms with Crippen LogP contribution in [0.3, 0.4) is 0 Å². The van der Waals surface area contributed by atoms with E-state index in [9.17, 15) is 9.18 Å². The molecule has 2 N–H and O–H groups in total. The molecule has 0 aliphatic carbocycles. The van der Waals surface area contributed by atoms with Crippen LogP contribution in [-0.2, 0) is 11.3 Å². The van der Waals surface area contributed by atoms with E-state index in [2.05, 4.69) is 5.32 Å². The number of hydrogen-bond donors (Lipinski definition) is 2. The predicted octanol–water partition coefficient (Wildman–Crippen LogP) is 1.84. The summed E-state index contributed by atoms with van der Waals surface area (Å²) >= 11 is 0. The fourth-order valence-electron chi connectivity index (χ4n) is 2.00. The molecule has 1 aromatic carbocycles. The monoisotopic (exact) mass is 296 g/mol. The van der Waals surface area contributed by atoms with Gasteiger partial charge in [-0.15, -0.1) is 0 Å². The van der Waals surface area contributed by atoms with E-state index in [4.69, 9.17) is 5.11 Å². The van der Waals surface area contributed by atoms with Gasteiger partial charge in [0.25, 0.3) is 0 Å². The molecule has 0 heterocycles. The van der Waals surface area contributed by atoms with Crippen LogP contribution in [0.5, 0.6) is 0 Å². The Balaban J connectivity index is 2.25. The van der Waals surface area contributed by atoms with Crippen LogP contribution in [-0.4, -0.2) is 42.7 Å². The van der Waals surface area contributed by atoms with Gasteiger partial charge in [0.1, 0.15) is 5.82 Å². The summed E-state index contributed by atoms with van der Waals surface area (Å²) in [5, 5.41) is 11.5. The van der Waals surface area contributed by atoms with Gasteiger partial charge in [-0.2, -0.15) is 0 Å². The molecule has 21 heavy (non-hydrogen) atoms. The molecule has 0 spiro atoms. The molecule has 0 bridgehead atoms. The molecule has 0 atom stereocenters. The lowest BCUT2D eigenvalue weighted by atomic mass is 10.1. The van der Waals surface area contributed by atoms with Crippen molar-refractivity contribution < 1.29 is 14.3 Å². The van der Waals surface area contributed by atoms with Gasteiger partial charge >= 0.3 is 0 Å². The number of amides is 1. The third-order valence-electron chi connectivity index (χ3n) is 3.34. The lowest BCUT2D eigenvalue weighted by Crippen LogP contribution is -2.35. The van der Waals surface area contributed by atoms with E-state index < -0.39 is 0 Å². The average Bonchev–Trinajstić information content (AvgIpc) is 2.45. The van der Waals surface area contributed by atoms with Crippen molar-refractivity contribution in [1.29, 1.82) is 0 Å². The molecule has 0 unspecified atom stereocenters. The van der Waals surface area contributed by atoms with Gasteiger partial charge in [0.2, 0.25) is 5.91 Å². The van der Waals surface area contributed by atoms with Gasteiger partial charge in [-0.25, -0.2) is 4.39 Å².